The van der Waals surface area contributed by atoms with Gasteiger partial charge in [0.25, 0.3) is 0 Å². The molecule has 3 aliphatic heterocycles. The minimum absolute atomic E-state index is 0.0455. The third-order valence-electron chi connectivity index (χ3n) is 29.4. The Hall–Kier alpha value is -4.04. The molecular formula is C81H127F3O17. The van der Waals surface area contributed by atoms with E-state index in [0.29, 0.717) is 74.5 Å². The summed E-state index contributed by atoms with van der Waals surface area (Å²) in [5.74, 6) is 4.68. The van der Waals surface area contributed by atoms with Gasteiger partial charge in [-0.1, -0.05) is 41.5 Å². The molecule has 20 heteroatoms. The number of rotatable bonds is 18. The number of hydrogen-bond acceptors (Lipinski definition) is 16. The summed E-state index contributed by atoms with van der Waals surface area (Å²) in [5, 5.41) is 30.0. The van der Waals surface area contributed by atoms with Gasteiger partial charge in [0.15, 0.2) is 17.8 Å². The predicted octanol–water partition coefficient (Wildman–Crippen LogP) is 16.1. The molecule has 0 aromatic rings. The topological polar surface area (TPSA) is 245 Å². The normalized spacial score (nSPS) is 40.5. The summed E-state index contributed by atoms with van der Waals surface area (Å²) in [6.07, 6.45) is 17.8. The van der Waals surface area contributed by atoms with Gasteiger partial charge in [-0.25, -0.2) is 0 Å². The van der Waals surface area contributed by atoms with Crippen LogP contribution in [-0.4, -0.2) is 122 Å². The van der Waals surface area contributed by atoms with E-state index in [1.54, 1.807) is 13.8 Å². The first-order valence-corrected chi connectivity index (χ1v) is 39.5. The molecule has 3 heterocycles. The molecule has 17 nitrogen and oxygen atoms in total. The van der Waals surface area contributed by atoms with Gasteiger partial charge in [0.2, 0.25) is 0 Å². The molecular weight excluding hydrogens is 1300 g/mol. The number of carboxylic acids is 1. The number of fused-ring (bicyclic) bond motifs is 10. The maximum atomic E-state index is 12.8. The molecule has 574 valence electrons. The van der Waals surface area contributed by atoms with Crippen LogP contribution in [-0.2, 0) is 66.7 Å². The van der Waals surface area contributed by atoms with Gasteiger partial charge < -0.3 is 48.5 Å². The first-order valence-electron chi connectivity index (χ1n) is 39.5. The second-order valence-electron chi connectivity index (χ2n) is 38.4. The van der Waals surface area contributed by atoms with Crippen molar-refractivity contribution >= 4 is 41.8 Å². The highest BCUT2D eigenvalue weighted by atomic mass is 19.4. The van der Waals surface area contributed by atoms with Crippen molar-refractivity contribution in [3.8, 4) is 0 Å². The Morgan fingerprint density at radius 3 is 1.41 bits per heavy atom. The van der Waals surface area contributed by atoms with Crippen LogP contribution in [0.15, 0.2) is 0 Å². The van der Waals surface area contributed by atoms with Gasteiger partial charge in [-0.15, -0.1) is 0 Å². The smallest absolute Gasteiger partial charge is 0.417 e. The van der Waals surface area contributed by atoms with Crippen molar-refractivity contribution in [2.24, 2.45) is 104 Å². The minimum atomic E-state index is -4.63. The highest BCUT2D eigenvalue weighted by Crippen LogP contribution is 2.71. The van der Waals surface area contributed by atoms with E-state index in [1.165, 1.54) is 32.1 Å². The number of aliphatic hydroxyl groups is 2. The van der Waals surface area contributed by atoms with Crippen molar-refractivity contribution in [2.45, 2.75) is 362 Å². The van der Waals surface area contributed by atoms with Gasteiger partial charge in [0, 0.05) is 18.8 Å². The van der Waals surface area contributed by atoms with E-state index in [0.717, 1.165) is 126 Å². The van der Waals surface area contributed by atoms with Crippen molar-refractivity contribution < 1.29 is 95.2 Å². The number of hydrogen-bond donors (Lipinski definition) is 3. The van der Waals surface area contributed by atoms with Gasteiger partial charge in [-0.2, -0.15) is 13.2 Å². The van der Waals surface area contributed by atoms with E-state index in [-0.39, 0.29) is 89.5 Å². The van der Waals surface area contributed by atoms with Crippen molar-refractivity contribution in [3.05, 3.63) is 0 Å². The number of aliphatic carboxylic acids is 1. The minimum Gasteiger partial charge on any atom is -0.481 e. The number of carboxylic acid groups (broad SMARTS) is 1. The van der Waals surface area contributed by atoms with Crippen LogP contribution in [0.25, 0.3) is 0 Å². The lowest BCUT2D eigenvalue weighted by atomic mass is 9.48. The van der Waals surface area contributed by atoms with Gasteiger partial charge >= 0.3 is 48.0 Å². The SMILES string of the molecule is CCC(C)(C)C(=O)OC1(CC)CC2CC1C1C3CCC(C3)C21.CCC(C)(C)C(=O)OC12CC3CC(C1)CC(C(=O)O)(C3)C2.CCC(C)(C)C(=O)OC12CC3CC(CC(O)(C3)C1)C2.CCC(C)(C)C(=O)OC1C2CC3C(=O)OC1C3O2.CCC(C)(C)C(=O)OC1CCC(C(C)(O)C(F)(F)F)CC1. The molecule has 17 unspecified atom stereocenters. The maximum Gasteiger partial charge on any atom is 0.417 e. The first kappa shape index (κ1) is 79.5. The van der Waals surface area contributed by atoms with Crippen molar-refractivity contribution in [2.75, 3.05) is 0 Å². The number of ether oxygens (including phenoxy) is 7. The summed E-state index contributed by atoms with van der Waals surface area (Å²) in [6, 6.07) is 0. The zero-order valence-electron chi connectivity index (χ0n) is 64.3. The maximum absolute atomic E-state index is 12.8. The number of esters is 6. The van der Waals surface area contributed by atoms with E-state index < -0.39 is 74.1 Å². The van der Waals surface area contributed by atoms with Gasteiger partial charge in [-0.05, 0) is 302 Å². The van der Waals surface area contributed by atoms with Gasteiger partial charge in [-0.3, -0.25) is 33.6 Å². The lowest BCUT2D eigenvalue weighted by Crippen LogP contribution is -2.61. The number of carbonyl (C=O) groups is 7. The van der Waals surface area contributed by atoms with Crippen LogP contribution >= 0.6 is 0 Å². The fourth-order valence-electron chi connectivity index (χ4n) is 21.8. The monoisotopic (exact) mass is 1430 g/mol. The molecule has 3 saturated heterocycles. The fourth-order valence-corrected chi connectivity index (χ4v) is 21.8. The average Bonchev–Trinajstić information content (AvgIpc) is 1.66. The van der Waals surface area contributed by atoms with Crippen molar-refractivity contribution in [1.82, 2.24) is 0 Å². The Kier molecular flexibility index (Phi) is 22.3. The molecule has 14 bridgehead atoms. The Morgan fingerprint density at radius 2 is 0.950 bits per heavy atom. The molecule has 0 aromatic heterocycles. The second kappa shape index (κ2) is 28.3. The molecule has 0 radical (unpaired) electrons. The molecule has 16 rings (SSSR count). The third-order valence-corrected chi connectivity index (χ3v) is 29.4. The summed E-state index contributed by atoms with van der Waals surface area (Å²) in [5.41, 5.74) is -7.18. The Bertz CT molecular complexity index is 3040. The zero-order valence-corrected chi connectivity index (χ0v) is 64.3. The standard InChI is InChI=1S/C20H32O2.C17H26O4.C16H26O3.C15H25F3O3.C13H18O5/c1-5-19(3,4)18(21)22-20(6-2)11-14-10-15(20)17-13-8-7-12(9-13)16(14)17;1-4-15(2,3)14(20)21-17-8-11-5-12(9-17)7-16(6-11,10-17)13(18)19;1-4-14(2,3)13(17)19-16-8-11-5-12(9-16)7-15(18,6-11)10-16;1-5-13(2,3)12(19)21-11-8-6-10(7-9-11)14(4,20)15(16,17)18;1-4-13(2,3)12(15)18-9-7-5-6-8(16-7)10(9)17-11(6)14/h12-17H,5-11H2,1-4H3;11-12H,4-10H2,1-3H3,(H,18,19);11-12,18H,4-10H2,1-3H3;10-11,20H,5-9H2,1-4H3;6-10H,4-5H2,1-3H3. The summed E-state index contributed by atoms with van der Waals surface area (Å²) < 4.78 is 78.5. The lowest BCUT2D eigenvalue weighted by molar-refractivity contribution is -0.276. The summed E-state index contributed by atoms with van der Waals surface area (Å²) in [6.45, 7) is 32.1. The van der Waals surface area contributed by atoms with Crippen LogP contribution in [0.2, 0.25) is 0 Å². The molecule has 17 atom stereocenters. The average molecular weight is 1430 g/mol. The summed E-state index contributed by atoms with van der Waals surface area (Å²) in [4.78, 5) is 84.9. The molecule has 0 aromatic carbocycles. The summed E-state index contributed by atoms with van der Waals surface area (Å²) in [7, 11) is 0. The van der Waals surface area contributed by atoms with E-state index in [9.17, 15) is 62.1 Å². The molecule has 101 heavy (non-hydrogen) atoms. The largest absolute Gasteiger partial charge is 0.481 e. The molecule has 16 fully saturated rings. The predicted molar refractivity (Wildman–Crippen MR) is 371 cm³/mol. The Morgan fingerprint density at radius 1 is 0.505 bits per heavy atom. The van der Waals surface area contributed by atoms with Crippen LogP contribution in [0.4, 0.5) is 13.2 Å². The molecule has 3 N–H and O–H groups in total. The van der Waals surface area contributed by atoms with Gasteiger partial charge in [0.05, 0.1) is 50.1 Å². The molecule has 13 aliphatic carbocycles. The molecule has 0 spiro atoms. The van der Waals surface area contributed by atoms with Crippen molar-refractivity contribution in [3.63, 3.8) is 0 Å². The first-order chi connectivity index (χ1) is 46.7. The molecule has 0 amide bonds. The number of halogens is 3. The van der Waals surface area contributed by atoms with Crippen molar-refractivity contribution in [1.29, 1.82) is 0 Å². The molecule has 16 aliphatic rings. The lowest BCUT2D eigenvalue weighted by Gasteiger charge is -2.59. The second-order valence-corrected chi connectivity index (χ2v) is 38.4. The van der Waals surface area contributed by atoms with Gasteiger partial charge in [0.1, 0.15) is 29.0 Å². The summed E-state index contributed by atoms with van der Waals surface area (Å²) >= 11 is 0. The van der Waals surface area contributed by atoms with E-state index in [2.05, 4.69) is 13.8 Å². The van der Waals surface area contributed by atoms with E-state index in [1.807, 2.05) is 83.1 Å². The van der Waals surface area contributed by atoms with E-state index >= 15 is 0 Å². The highest BCUT2D eigenvalue weighted by Gasteiger charge is 2.70. The quantitative estimate of drug-likeness (QED) is 0.0656. The Labute approximate surface area is 600 Å². The highest BCUT2D eigenvalue weighted by molar-refractivity contribution is 5.80. The van der Waals surface area contributed by atoms with E-state index in [4.69, 9.17) is 33.2 Å². The van der Waals surface area contributed by atoms with Crippen LogP contribution in [0.5, 0.6) is 0 Å². The van der Waals surface area contributed by atoms with Crippen LogP contribution < -0.4 is 0 Å². The number of carbonyl (C=O) groups excluding carboxylic acids is 6. The number of alkyl halides is 3. The van der Waals surface area contributed by atoms with Crippen LogP contribution in [0.1, 0.15) is 297 Å². The molecule has 13 saturated carbocycles. The third kappa shape index (κ3) is 15.5. The van der Waals surface area contributed by atoms with Crippen LogP contribution in [0.3, 0.4) is 0 Å². The van der Waals surface area contributed by atoms with Crippen LogP contribution in [0, 0.1) is 104 Å². The Balaban J connectivity index is 0.000000136. The fraction of sp³-hybridized carbons (Fsp3) is 0.914. The zero-order chi connectivity index (χ0) is 74.6.